The van der Waals surface area contributed by atoms with Gasteiger partial charge in [-0.2, -0.15) is 0 Å². The lowest BCUT2D eigenvalue weighted by Gasteiger charge is -2.10. The van der Waals surface area contributed by atoms with Crippen LogP contribution in [0.5, 0.6) is 0 Å². The second kappa shape index (κ2) is 3.91. The first-order chi connectivity index (χ1) is 6.32. The fraction of sp³-hybridized carbons (Fsp3) is 0.400. The highest BCUT2D eigenvalue weighted by molar-refractivity contribution is 8.13. The Labute approximate surface area is 89.3 Å². The molecule has 2 nitrogen and oxygen atoms in total. The maximum absolute atomic E-state index is 11.1. The van der Waals surface area contributed by atoms with Crippen molar-refractivity contribution in [1.29, 1.82) is 0 Å². The molecule has 0 fully saturated rings. The highest BCUT2D eigenvalue weighted by Crippen LogP contribution is 2.24. The van der Waals surface area contributed by atoms with Gasteiger partial charge in [-0.1, -0.05) is 19.9 Å². The van der Waals surface area contributed by atoms with Crippen molar-refractivity contribution in [2.75, 3.05) is 0 Å². The molecular formula is C10H13ClO2S. The molecule has 0 heterocycles. The molecule has 1 aromatic rings. The molecule has 0 unspecified atom stereocenters. The Balaban J connectivity index is 3.34. The highest BCUT2D eigenvalue weighted by Gasteiger charge is 2.12. The van der Waals surface area contributed by atoms with Crippen LogP contribution in [0.15, 0.2) is 23.1 Å². The molecule has 0 saturated heterocycles. The van der Waals surface area contributed by atoms with Crippen LogP contribution >= 0.6 is 10.7 Å². The Morgan fingerprint density at radius 1 is 1.29 bits per heavy atom. The lowest BCUT2D eigenvalue weighted by atomic mass is 9.98. The zero-order chi connectivity index (χ0) is 10.9. The predicted octanol–water partition coefficient (Wildman–Crippen LogP) is 3.05. The van der Waals surface area contributed by atoms with Crippen LogP contribution in [0.4, 0.5) is 0 Å². The van der Waals surface area contributed by atoms with Crippen LogP contribution in [0.25, 0.3) is 0 Å². The highest BCUT2D eigenvalue weighted by atomic mass is 35.7. The summed E-state index contributed by atoms with van der Waals surface area (Å²) < 4.78 is 22.2. The second-order valence-electron chi connectivity index (χ2n) is 3.61. The first-order valence-electron chi connectivity index (χ1n) is 4.37. The predicted molar refractivity (Wildman–Crippen MR) is 58.3 cm³/mol. The molecule has 4 heteroatoms. The minimum atomic E-state index is -3.60. The summed E-state index contributed by atoms with van der Waals surface area (Å²) in [5.41, 5.74) is 2.11. The molecule has 1 rings (SSSR count). The molecule has 0 aromatic heterocycles. The SMILES string of the molecule is Cc1ccc(S(=O)(=O)Cl)cc1C(C)C. The third-order valence-electron chi connectivity index (χ3n) is 2.15. The molecular weight excluding hydrogens is 220 g/mol. The van der Waals surface area contributed by atoms with Gasteiger partial charge >= 0.3 is 0 Å². The number of benzene rings is 1. The average Bonchev–Trinajstić information content (AvgIpc) is 2.02. The van der Waals surface area contributed by atoms with Crippen molar-refractivity contribution in [3.63, 3.8) is 0 Å². The van der Waals surface area contributed by atoms with Crippen molar-refractivity contribution in [3.8, 4) is 0 Å². The molecule has 0 bridgehead atoms. The van der Waals surface area contributed by atoms with Gasteiger partial charge in [-0.3, -0.25) is 0 Å². The Morgan fingerprint density at radius 2 is 1.86 bits per heavy atom. The standard InChI is InChI=1S/C10H13ClO2S/c1-7(2)10-6-9(14(11,12)13)5-4-8(10)3/h4-7H,1-3H3. The van der Waals surface area contributed by atoms with Gasteiger partial charge in [-0.05, 0) is 36.1 Å². The Kier molecular flexibility index (Phi) is 3.22. The van der Waals surface area contributed by atoms with Crippen LogP contribution in [0, 0.1) is 6.92 Å². The van der Waals surface area contributed by atoms with Gasteiger partial charge in [-0.25, -0.2) is 8.42 Å². The van der Waals surface area contributed by atoms with Crippen molar-refractivity contribution < 1.29 is 8.42 Å². The maximum Gasteiger partial charge on any atom is 0.261 e. The van der Waals surface area contributed by atoms with E-state index in [4.69, 9.17) is 10.7 Å². The molecule has 0 saturated carbocycles. The minimum absolute atomic E-state index is 0.175. The molecule has 14 heavy (non-hydrogen) atoms. The van der Waals surface area contributed by atoms with Gasteiger partial charge in [-0.15, -0.1) is 0 Å². The van der Waals surface area contributed by atoms with E-state index in [2.05, 4.69) is 0 Å². The fourth-order valence-corrected chi connectivity index (χ4v) is 2.18. The number of hydrogen-bond acceptors (Lipinski definition) is 2. The summed E-state index contributed by atoms with van der Waals surface area (Å²) in [6, 6.07) is 4.95. The van der Waals surface area contributed by atoms with Crippen LogP contribution in [0.1, 0.15) is 30.9 Å². The first kappa shape index (κ1) is 11.5. The van der Waals surface area contributed by atoms with Gasteiger partial charge < -0.3 is 0 Å². The van der Waals surface area contributed by atoms with Crippen LogP contribution in [0.2, 0.25) is 0 Å². The molecule has 0 radical (unpaired) electrons. The number of rotatable bonds is 2. The normalized spacial score (nSPS) is 12.1. The largest absolute Gasteiger partial charge is 0.261 e. The van der Waals surface area contributed by atoms with E-state index in [1.165, 1.54) is 6.07 Å². The van der Waals surface area contributed by atoms with E-state index < -0.39 is 9.05 Å². The minimum Gasteiger partial charge on any atom is -0.207 e. The summed E-state index contributed by atoms with van der Waals surface area (Å²) in [5.74, 6) is 0.299. The summed E-state index contributed by atoms with van der Waals surface area (Å²) in [7, 11) is 1.66. The fourth-order valence-electron chi connectivity index (χ4n) is 1.39. The van der Waals surface area contributed by atoms with Gasteiger partial charge in [0, 0.05) is 10.7 Å². The molecule has 0 aliphatic heterocycles. The van der Waals surface area contributed by atoms with E-state index in [9.17, 15) is 8.42 Å². The maximum atomic E-state index is 11.1. The third kappa shape index (κ3) is 2.49. The van der Waals surface area contributed by atoms with Gasteiger partial charge in [0.25, 0.3) is 9.05 Å². The van der Waals surface area contributed by atoms with Crippen molar-refractivity contribution in [2.24, 2.45) is 0 Å². The number of hydrogen-bond donors (Lipinski definition) is 0. The summed E-state index contributed by atoms with van der Waals surface area (Å²) in [6.45, 7) is 6.00. The topological polar surface area (TPSA) is 34.1 Å². The smallest absolute Gasteiger partial charge is 0.207 e. The summed E-state index contributed by atoms with van der Waals surface area (Å²) in [4.78, 5) is 0.175. The van der Waals surface area contributed by atoms with Gasteiger partial charge in [0.1, 0.15) is 0 Å². The Hall–Kier alpha value is -0.540. The summed E-state index contributed by atoms with van der Waals surface area (Å²) >= 11 is 0. The van der Waals surface area contributed by atoms with Crippen molar-refractivity contribution in [1.82, 2.24) is 0 Å². The van der Waals surface area contributed by atoms with Crippen LogP contribution in [-0.4, -0.2) is 8.42 Å². The zero-order valence-corrected chi connectivity index (χ0v) is 9.98. The molecule has 0 amide bonds. The van der Waals surface area contributed by atoms with Crippen LogP contribution < -0.4 is 0 Å². The number of aryl methyl sites for hydroxylation is 1. The van der Waals surface area contributed by atoms with E-state index >= 15 is 0 Å². The second-order valence-corrected chi connectivity index (χ2v) is 6.18. The van der Waals surface area contributed by atoms with E-state index in [-0.39, 0.29) is 4.90 Å². The zero-order valence-electron chi connectivity index (χ0n) is 8.41. The number of halogens is 1. The van der Waals surface area contributed by atoms with Crippen LogP contribution in [0.3, 0.4) is 0 Å². The van der Waals surface area contributed by atoms with Crippen LogP contribution in [-0.2, 0) is 9.05 Å². The average molecular weight is 233 g/mol. The molecule has 0 aliphatic carbocycles. The van der Waals surface area contributed by atoms with E-state index in [1.807, 2.05) is 20.8 Å². The van der Waals surface area contributed by atoms with Crippen molar-refractivity contribution >= 4 is 19.7 Å². The molecule has 1 aromatic carbocycles. The molecule has 0 aliphatic rings. The van der Waals surface area contributed by atoms with E-state index in [0.717, 1.165) is 11.1 Å². The van der Waals surface area contributed by atoms with Crippen molar-refractivity contribution in [2.45, 2.75) is 31.6 Å². The van der Waals surface area contributed by atoms with Gasteiger partial charge in [0.2, 0.25) is 0 Å². The molecule has 0 spiro atoms. The first-order valence-corrected chi connectivity index (χ1v) is 6.68. The summed E-state index contributed by atoms with van der Waals surface area (Å²) in [6.07, 6.45) is 0. The quantitative estimate of drug-likeness (QED) is 0.735. The Morgan fingerprint density at radius 3 is 2.29 bits per heavy atom. The molecule has 0 atom stereocenters. The lowest BCUT2D eigenvalue weighted by molar-refractivity contribution is 0.609. The van der Waals surface area contributed by atoms with Crippen molar-refractivity contribution in [3.05, 3.63) is 29.3 Å². The van der Waals surface area contributed by atoms with E-state index in [0.29, 0.717) is 5.92 Å². The monoisotopic (exact) mass is 232 g/mol. The van der Waals surface area contributed by atoms with Gasteiger partial charge in [0.05, 0.1) is 4.90 Å². The summed E-state index contributed by atoms with van der Waals surface area (Å²) in [5, 5.41) is 0. The molecule has 0 N–H and O–H groups in total. The Bertz CT molecular complexity index is 435. The third-order valence-corrected chi connectivity index (χ3v) is 3.51. The lowest BCUT2D eigenvalue weighted by Crippen LogP contribution is -1.97. The molecule has 78 valence electrons. The van der Waals surface area contributed by atoms with Gasteiger partial charge in [0.15, 0.2) is 0 Å². The van der Waals surface area contributed by atoms with E-state index in [1.54, 1.807) is 12.1 Å².